The van der Waals surface area contributed by atoms with E-state index in [2.05, 4.69) is 21.2 Å². The molecule has 106 valence electrons. The van der Waals surface area contributed by atoms with Crippen molar-refractivity contribution in [2.45, 2.75) is 19.8 Å². The first kappa shape index (κ1) is 14.7. The minimum atomic E-state index is -0.107. The van der Waals surface area contributed by atoms with Gasteiger partial charge < -0.3 is 5.32 Å². The predicted molar refractivity (Wildman–Crippen MR) is 85.5 cm³/mol. The highest BCUT2D eigenvalue weighted by Gasteiger charge is 2.06. The summed E-state index contributed by atoms with van der Waals surface area (Å²) in [6.45, 7) is 2.65. The van der Waals surface area contributed by atoms with Crippen molar-refractivity contribution in [3.05, 3.63) is 29.3 Å². The van der Waals surface area contributed by atoms with Crippen molar-refractivity contribution < 1.29 is 4.79 Å². The zero-order valence-corrected chi connectivity index (χ0v) is 12.7. The highest BCUT2D eigenvalue weighted by molar-refractivity contribution is 7.80. The first-order valence-corrected chi connectivity index (χ1v) is 7.58. The van der Waals surface area contributed by atoms with Crippen LogP contribution < -0.4 is 16.2 Å². The maximum Gasteiger partial charge on any atom is 0.238 e. The van der Waals surface area contributed by atoms with Crippen LogP contribution in [0.3, 0.4) is 0 Å². The summed E-state index contributed by atoms with van der Waals surface area (Å²) in [5.41, 5.74) is 6.19. The Morgan fingerprint density at radius 3 is 2.90 bits per heavy atom. The Hall–Kier alpha value is -1.73. The number of aryl methyl sites for hydroxylation is 1. The van der Waals surface area contributed by atoms with Crippen molar-refractivity contribution in [3.63, 3.8) is 0 Å². The maximum atomic E-state index is 11.7. The number of thiocarbonyl (C=S) groups is 1. The minimum absolute atomic E-state index is 0.107. The molecule has 0 atom stereocenters. The second-order valence-corrected chi connectivity index (χ2v) is 5.63. The molecule has 0 unspecified atom stereocenters. The van der Waals surface area contributed by atoms with E-state index in [1.807, 2.05) is 31.2 Å². The number of amides is 1. The third-order valence-electron chi connectivity index (χ3n) is 2.56. The first-order valence-electron chi connectivity index (χ1n) is 6.36. The number of carbonyl (C=O) groups is 1. The molecule has 1 amide bonds. The molecule has 0 aliphatic carbocycles. The van der Waals surface area contributed by atoms with E-state index >= 15 is 0 Å². The monoisotopic (exact) mass is 308 g/mol. The number of thiazole rings is 1. The van der Waals surface area contributed by atoms with Gasteiger partial charge in [0.25, 0.3) is 0 Å². The molecule has 2 aromatic rings. The normalized spacial score (nSPS) is 10.2. The topological polar surface area (TPSA) is 66.0 Å². The van der Waals surface area contributed by atoms with Gasteiger partial charge in [0.15, 0.2) is 5.11 Å². The Bertz CT molecular complexity index is 578. The molecule has 0 saturated carbocycles. The van der Waals surface area contributed by atoms with Crippen molar-refractivity contribution in [2.75, 3.05) is 6.54 Å². The van der Waals surface area contributed by atoms with Crippen LogP contribution >= 0.6 is 23.6 Å². The summed E-state index contributed by atoms with van der Waals surface area (Å²) >= 11 is 6.57. The van der Waals surface area contributed by atoms with Crippen LogP contribution in [0.5, 0.6) is 0 Å². The first-order chi connectivity index (χ1) is 9.69. The molecule has 0 bridgehead atoms. The van der Waals surface area contributed by atoms with Gasteiger partial charge in [0.05, 0.1) is 15.2 Å². The van der Waals surface area contributed by atoms with Gasteiger partial charge in [0.1, 0.15) is 0 Å². The summed E-state index contributed by atoms with van der Waals surface area (Å²) in [5.74, 6) is -0.107. The number of fused-ring (bicyclic) bond motifs is 1. The van der Waals surface area contributed by atoms with Gasteiger partial charge in [-0.15, -0.1) is 11.3 Å². The number of hydrogen-bond donors (Lipinski definition) is 3. The molecule has 0 spiro atoms. The van der Waals surface area contributed by atoms with E-state index in [4.69, 9.17) is 12.2 Å². The molecule has 0 fully saturated rings. The Balaban J connectivity index is 1.79. The fourth-order valence-electron chi connectivity index (χ4n) is 1.64. The lowest BCUT2D eigenvalue weighted by atomic mass is 10.3. The van der Waals surface area contributed by atoms with Crippen molar-refractivity contribution >= 4 is 44.8 Å². The fourth-order valence-corrected chi connectivity index (χ4v) is 2.80. The van der Waals surface area contributed by atoms with Gasteiger partial charge >= 0.3 is 0 Å². The molecule has 5 nitrogen and oxygen atoms in total. The minimum Gasteiger partial charge on any atom is -0.362 e. The smallest absolute Gasteiger partial charge is 0.238 e. The second kappa shape index (κ2) is 7.16. The molecule has 1 heterocycles. The highest BCUT2D eigenvalue weighted by Crippen LogP contribution is 2.22. The number of hydrazine groups is 1. The fraction of sp³-hybridized carbons (Fsp3) is 0.308. The molecule has 2 rings (SSSR count). The van der Waals surface area contributed by atoms with Gasteiger partial charge in [0, 0.05) is 19.4 Å². The number of aromatic nitrogens is 1. The summed E-state index contributed by atoms with van der Waals surface area (Å²) in [4.78, 5) is 16.1. The zero-order valence-electron chi connectivity index (χ0n) is 11.1. The molecule has 3 N–H and O–H groups in total. The average Bonchev–Trinajstić information content (AvgIpc) is 2.86. The van der Waals surface area contributed by atoms with Crippen LogP contribution in [0.25, 0.3) is 10.2 Å². The lowest BCUT2D eigenvalue weighted by Gasteiger charge is -2.09. The second-order valence-electron chi connectivity index (χ2n) is 4.11. The van der Waals surface area contributed by atoms with Gasteiger partial charge in [-0.1, -0.05) is 12.1 Å². The number of hydrogen-bond acceptors (Lipinski definition) is 4. The van der Waals surface area contributed by atoms with Gasteiger partial charge in [-0.3, -0.25) is 15.6 Å². The molecule has 0 saturated heterocycles. The van der Waals surface area contributed by atoms with Gasteiger partial charge in [-0.25, -0.2) is 4.98 Å². The standard InChI is InChI=1S/C13H16N4OS2/c1-2-14-13(19)17-16-11(18)7-8-12-15-9-5-3-4-6-10(9)20-12/h3-6H,2,7-8H2,1H3,(H,16,18)(H2,14,17,19). The van der Waals surface area contributed by atoms with Crippen molar-refractivity contribution in [1.29, 1.82) is 0 Å². The van der Waals surface area contributed by atoms with Crippen LogP contribution in [-0.2, 0) is 11.2 Å². The van der Waals surface area contributed by atoms with Crippen LogP contribution in [0.15, 0.2) is 24.3 Å². The summed E-state index contributed by atoms with van der Waals surface area (Å²) in [5, 5.41) is 4.27. The Kier molecular flexibility index (Phi) is 5.25. The molecule has 7 heteroatoms. The summed E-state index contributed by atoms with van der Waals surface area (Å²) < 4.78 is 1.15. The van der Waals surface area contributed by atoms with Crippen LogP contribution in [0.2, 0.25) is 0 Å². The molecule has 0 aliphatic heterocycles. The van der Waals surface area contributed by atoms with Crippen LogP contribution in [0.4, 0.5) is 0 Å². The third-order valence-corrected chi connectivity index (χ3v) is 3.90. The van der Waals surface area contributed by atoms with Crippen LogP contribution in [0, 0.1) is 0 Å². The SMILES string of the molecule is CCNC(=S)NNC(=O)CCc1nc2ccccc2s1. The number of benzene rings is 1. The Morgan fingerprint density at radius 1 is 1.35 bits per heavy atom. The third kappa shape index (κ3) is 4.14. The van der Waals surface area contributed by atoms with Crippen molar-refractivity contribution in [1.82, 2.24) is 21.2 Å². The molecular formula is C13H16N4OS2. The van der Waals surface area contributed by atoms with E-state index in [1.165, 1.54) is 0 Å². The predicted octanol–water partition coefficient (Wildman–Crippen LogP) is 1.74. The van der Waals surface area contributed by atoms with E-state index in [0.717, 1.165) is 15.2 Å². The van der Waals surface area contributed by atoms with E-state index in [9.17, 15) is 4.79 Å². The van der Waals surface area contributed by atoms with Gasteiger partial charge in [0.2, 0.25) is 5.91 Å². The Labute approximate surface area is 126 Å². The molecular weight excluding hydrogens is 292 g/mol. The molecule has 0 aliphatic rings. The van der Waals surface area contributed by atoms with Crippen LogP contribution in [0.1, 0.15) is 18.4 Å². The van der Waals surface area contributed by atoms with E-state index in [1.54, 1.807) is 11.3 Å². The molecule has 1 aromatic carbocycles. The van der Waals surface area contributed by atoms with Gasteiger partial charge in [-0.05, 0) is 31.3 Å². The largest absolute Gasteiger partial charge is 0.362 e. The zero-order chi connectivity index (χ0) is 14.4. The number of nitrogens with one attached hydrogen (secondary N) is 3. The number of nitrogens with zero attached hydrogens (tertiary/aromatic N) is 1. The maximum absolute atomic E-state index is 11.7. The van der Waals surface area contributed by atoms with E-state index < -0.39 is 0 Å². The van der Waals surface area contributed by atoms with Crippen molar-refractivity contribution in [3.8, 4) is 0 Å². The average molecular weight is 308 g/mol. The van der Waals surface area contributed by atoms with E-state index in [0.29, 0.717) is 24.5 Å². The number of carbonyl (C=O) groups excluding carboxylic acids is 1. The van der Waals surface area contributed by atoms with Gasteiger partial charge in [-0.2, -0.15) is 0 Å². The highest BCUT2D eigenvalue weighted by atomic mass is 32.1. The van der Waals surface area contributed by atoms with E-state index in [-0.39, 0.29) is 5.91 Å². The lowest BCUT2D eigenvalue weighted by molar-refractivity contribution is -0.121. The number of para-hydroxylation sites is 1. The molecule has 0 radical (unpaired) electrons. The Morgan fingerprint density at radius 2 is 2.15 bits per heavy atom. The molecule has 20 heavy (non-hydrogen) atoms. The van der Waals surface area contributed by atoms with Crippen molar-refractivity contribution in [2.24, 2.45) is 0 Å². The summed E-state index contributed by atoms with van der Waals surface area (Å²) in [6, 6.07) is 7.96. The summed E-state index contributed by atoms with van der Waals surface area (Å²) in [7, 11) is 0. The summed E-state index contributed by atoms with van der Waals surface area (Å²) in [6.07, 6.45) is 1.00. The lowest BCUT2D eigenvalue weighted by Crippen LogP contribution is -2.46. The van der Waals surface area contributed by atoms with Crippen LogP contribution in [-0.4, -0.2) is 22.5 Å². The quantitative estimate of drug-likeness (QED) is 0.593. The number of rotatable bonds is 4. The molecule has 1 aromatic heterocycles.